The van der Waals surface area contributed by atoms with E-state index in [2.05, 4.69) is 273 Å². The van der Waals surface area contributed by atoms with Gasteiger partial charge in [0, 0.05) is 64.8 Å². The van der Waals surface area contributed by atoms with Crippen LogP contribution >= 0.6 is 0 Å². The van der Waals surface area contributed by atoms with Gasteiger partial charge in [-0.05, 0) is 158 Å². The minimum Gasteiger partial charge on any atom is -0.362 e. The van der Waals surface area contributed by atoms with Gasteiger partial charge in [0.15, 0.2) is 0 Å². The van der Waals surface area contributed by atoms with Gasteiger partial charge in [0.25, 0.3) is 0 Å². The maximum Gasteiger partial charge on any atom is 0.128 e. The average Bonchev–Trinajstić information content (AvgIpc) is 3.70. The number of hydrogen-bond donors (Lipinski definition) is 0. The fraction of sp³-hybridized carbons (Fsp3) is 0.373. The van der Waals surface area contributed by atoms with Gasteiger partial charge in [0.1, 0.15) is 18.2 Å². The number of allylic oxidation sites excluding steroid dienone is 19. The molecule has 1 aliphatic heterocycles. The van der Waals surface area contributed by atoms with Gasteiger partial charge in [-0.15, -0.1) is 0 Å². The second-order valence-corrected chi connectivity index (χ2v) is 23.7. The molecule has 422 valence electrons. The molecular formula is C75H87N7. The standard InChI is InChI=1S/C75H87N7/c1-59(55-75(81(66-45-24-8-25-46-66)67-47-26-9-27-48-67)82(68-49-28-10-29-50-68)69-51-30-11-31-52-69)77(60-33-12-2-13-34-60)73-53-32-54-74(76-73)80(65-43-22-7-23-44-65)72-57-70(78(61-35-14-3-15-36-61)62-37-16-4-17-38-62)56-71(58-72)79(63-39-18-5-19-40-63)64-41-20-6-21-42-64/h2-3,5,7-10,12-16,18-19,22-30,33,35,37-39,41,43,45-47,49-52,55-56,60-61,63,65,67,71-72,74-75H,4,6,11,17,20-21,31-32,34,36,40,42,44,48,53-54,57-58H2,1H3/b59-55+. The smallest absolute Gasteiger partial charge is 0.128 e. The topological polar surface area (TPSA) is 31.8 Å². The Morgan fingerprint density at radius 2 is 1.12 bits per heavy atom. The van der Waals surface area contributed by atoms with Crippen LogP contribution in [0.25, 0.3) is 0 Å². The van der Waals surface area contributed by atoms with E-state index < -0.39 is 0 Å². The molecule has 2 aromatic rings. The van der Waals surface area contributed by atoms with Crippen LogP contribution in [0.3, 0.4) is 0 Å². The van der Waals surface area contributed by atoms with Gasteiger partial charge in [-0.2, -0.15) is 0 Å². The summed E-state index contributed by atoms with van der Waals surface area (Å²) in [6.45, 7) is 2.38. The molecule has 0 aromatic heterocycles. The molecule has 0 saturated heterocycles. The number of benzene rings is 2. The molecule has 82 heavy (non-hydrogen) atoms. The summed E-state index contributed by atoms with van der Waals surface area (Å²) in [6, 6.07) is 23.8. The van der Waals surface area contributed by atoms with E-state index in [9.17, 15) is 0 Å². The summed E-state index contributed by atoms with van der Waals surface area (Å²) in [5.41, 5.74) is 9.20. The molecule has 7 nitrogen and oxygen atoms in total. The quantitative estimate of drug-likeness (QED) is 0.138. The van der Waals surface area contributed by atoms with Gasteiger partial charge in [0.2, 0.25) is 0 Å². The number of anilines is 2. The second-order valence-electron chi connectivity index (χ2n) is 23.7. The normalized spacial score (nSPS) is 27.8. The van der Waals surface area contributed by atoms with Gasteiger partial charge < -0.3 is 24.5 Å². The average molecular weight is 1090 g/mol. The van der Waals surface area contributed by atoms with Crippen LogP contribution in [-0.4, -0.2) is 80.1 Å². The van der Waals surface area contributed by atoms with Crippen molar-refractivity contribution in [1.82, 2.24) is 19.6 Å². The number of rotatable bonds is 18. The van der Waals surface area contributed by atoms with Gasteiger partial charge in [-0.1, -0.05) is 188 Å². The number of aliphatic imine (C=N–C) groups is 1. The van der Waals surface area contributed by atoms with E-state index in [1.165, 1.54) is 52.8 Å². The van der Waals surface area contributed by atoms with Crippen molar-refractivity contribution in [2.24, 2.45) is 4.99 Å². The van der Waals surface area contributed by atoms with E-state index >= 15 is 0 Å². The fourth-order valence-electron chi connectivity index (χ4n) is 14.6. The lowest BCUT2D eigenvalue weighted by Gasteiger charge is -2.51. The molecule has 0 N–H and O–H groups in total. The summed E-state index contributed by atoms with van der Waals surface area (Å²) in [7, 11) is 0. The highest BCUT2D eigenvalue weighted by Gasteiger charge is 2.42. The Morgan fingerprint density at radius 3 is 1.72 bits per heavy atom. The monoisotopic (exact) mass is 1090 g/mol. The molecule has 7 heteroatoms. The Hall–Kier alpha value is -7.35. The predicted octanol–water partition coefficient (Wildman–Crippen LogP) is 17.1. The van der Waals surface area contributed by atoms with Crippen LogP contribution in [0, 0.1) is 0 Å². The molecule has 9 atom stereocenters. The third-order valence-electron chi connectivity index (χ3n) is 18.3. The fourth-order valence-corrected chi connectivity index (χ4v) is 14.6. The molecule has 1 heterocycles. The van der Waals surface area contributed by atoms with E-state index in [1.807, 2.05) is 0 Å². The van der Waals surface area contributed by atoms with Crippen molar-refractivity contribution in [2.75, 3.05) is 9.80 Å². The first kappa shape index (κ1) is 55.2. The van der Waals surface area contributed by atoms with Crippen molar-refractivity contribution in [2.45, 2.75) is 177 Å². The molecule has 9 unspecified atom stereocenters. The van der Waals surface area contributed by atoms with Crippen LogP contribution < -0.4 is 9.80 Å². The van der Waals surface area contributed by atoms with Crippen LogP contribution in [0.2, 0.25) is 0 Å². The Labute approximate surface area is 491 Å². The lowest BCUT2D eigenvalue weighted by atomic mass is 9.86. The molecule has 12 rings (SSSR count). The van der Waals surface area contributed by atoms with E-state index in [1.54, 1.807) is 5.70 Å². The molecule has 0 amide bonds. The zero-order valence-electron chi connectivity index (χ0n) is 48.6. The van der Waals surface area contributed by atoms with Crippen molar-refractivity contribution in [3.8, 4) is 0 Å². The first-order valence-electron chi connectivity index (χ1n) is 31.5. The Balaban J connectivity index is 0.983. The summed E-state index contributed by atoms with van der Waals surface area (Å²) < 4.78 is 0. The maximum absolute atomic E-state index is 6.24. The molecule has 0 fully saturated rings. The second kappa shape index (κ2) is 27.2. The lowest BCUT2D eigenvalue weighted by molar-refractivity contribution is 0.0597. The van der Waals surface area contributed by atoms with Crippen molar-refractivity contribution in [3.63, 3.8) is 0 Å². The predicted molar refractivity (Wildman–Crippen MR) is 346 cm³/mol. The van der Waals surface area contributed by atoms with Crippen LogP contribution in [0.15, 0.2) is 270 Å². The van der Waals surface area contributed by atoms with Gasteiger partial charge in [-0.3, -0.25) is 9.89 Å². The highest BCUT2D eigenvalue weighted by molar-refractivity contribution is 5.85. The van der Waals surface area contributed by atoms with Crippen molar-refractivity contribution >= 4 is 17.2 Å². The van der Waals surface area contributed by atoms with E-state index in [0.717, 1.165) is 103 Å². The van der Waals surface area contributed by atoms with Gasteiger partial charge in [0.05, 0.1) is 30.2 Å². The molecule has 0 bridgehead atoms. The van der Waals surface area contributed by atoms with Crippen molar-refractivity contribution in [3.05, 3.63) is 265 Å². The third-order valence-corrected chi connectivity index (χ3v) is 18.3. The molecule has 0 radical (unpaired) electrons. The summed E-state index contributed by atoms with van der Waals surface area (Å²) in [5, 5.41) is 0. The zero-order valence-corrected chi connectivity index (χ0v) is 48.6. The molecule has 0 spiro atoms. The molecular weight excluding hydrogens is 999 g/mol. The van der Waals surface area contributed by atoms with E-state index in [4.69, 9.17) is 4.99 Å². The van der Waals surface area contributed by atoms with Gasteiger partial charge in [-0.25, -0.2) is 0 Å². The minimum absolute atomic E-state index is 0.00189. The van der Waals surface area contributed by atoms with Crippen LogP contribution in [-0.2, 0) is 0 Å². The lowest BCUT2D eigenvalue weighted by Crippen LogP contribution is -2.55. The highest BCUT2D eigenvalue weighted by atomic mass is 15.4. The van der Waals surface area contributed by atoms with Crippen molar-refractivity contribution < 1.29 is 0 Å². The largest absolute Gasteiger partial charge is 0.362 e. The highest BCUT2D eigenvalue weighted by Crippen LogP contribution is 2.42. The molecule has 0 saturated carbocycles. The number of hydrogen-bond acceptors (Lipinski definition) is 7. The molecule has 9 aliphatic carbocycles. The van der Waals surface area contributed by atoms with Crippen LogP contribution in [0.4, 0.5) is 11.4 Å². The maximum atomic E-state index is 6.24. The SMILES string of the molecule is C/C(=C\C(N(C1=CCCC=C1)c1ccccc1)N(c1ccccc1)C1C=CC=CC1)N(C1=NC(N(C2C=CC=CC2)C2CC(N(C3=CCCC=C3)C3C=CC=CC3)=CC(N(C3=CCCCC3)C3C=CC=CC3)C2)CCC1)C1C=CC=CC1. The summed E-state index contributed by atoms with van der Waals surface area (Å²) >= 11 is 0. The number of para-hydroxylation sites is 2. The van der Waals surface area contributed by atoms with Crippen molar-refractivity contribution in [1.29, 1.82) is 0 Å². The number of amidine groups is 1. The first-order valence-corrected chi connectivity index (χ1v) is 31.5. The van der Waals surface area contributed by atoms with Gasteiger partial charge >= 0.3 is 0 Å². The van der Waals surface area contributed by atoms with E-state index in [0.29, 0.717) is 6.04 Å². The van der Waals surface area contributed by atoms with Crippen LogP contribution in [0.1, 0.15) is 122 Å². The first-order chi connectivity index (χ1) is 40.6. The number of nitrogens with zero attached hydrogens (tertiary/aromatic N) is 7. The summed E-state index contributed by atoms with van der Waals surface area (Å²) in [6.07, 6.45) is 88.0. The summed E-state index contributed by atoms with van der Waals surface area (Å²) in [4.78, 5) is 22.8. The minimum atomic E-state index is -0.186. The van der Waals surface area contributed by atoms with E-state index in [-0.39, 0.29) is 48.6 Å². The zero-order chi connectivity index (χ0) is 55.3. The molecule has 10 aliphatic rings. The van der Waals surface area contributed by atoms with Crippen LogP contribution in [0.5, 0.6) is 0 Å². The third kappa shape index (κ3) is 12.8. The summed E-state index contributed by atoms with van der Waals surface area (Å²) in [5.74, 6) is 1.21. The Morgan fingerprint density at radius 1 is 0.524 bits per heavy atom. The Kier molecular flexibility index (Phi) is 18.3. The molecule has 2 aromatic carbocycles. The Bertz CT molecular complexity index is 3110.